The number of ether oxygens (including phenoxy) is 2. The highest BCUT2D eigenvalue weighted by Gasteiger charge is 2.17. The van der Waals surface area contributed by atoms with Gasteiger partial charge in [-0.3, -0.25) is 0 Å². The Morgan fingerprint density at radius 2 is 2.00 bits per heavy atom. The molecule has 0 aliphatic carbocycles. The lowest BCUT2D eigenvalue weighted by molar-refractivity contribution is 0.171. The molecule has 6 nitrogen and oxygen atoms in total. The van der Waals surface area contributed by atoms with Gasteiger partial charge in [0.15, 0.2) is 11.5 Å². The summed E-state index contributed by atoms with van der Waals surface area (Å²) in [6, 6.07) is 12.3. The highest BCUT2D eigenvalue weighted by atomic mass is 35.5. The third-order valence-corrected chi connectivity index (χ3v) is 4.63. The molecule has 134 valence electrons. The van der Waals surface area contributed by atoms with Crippen molar-refractivity contribution >= 4 is 11.6 Å². The summed E-state index contributed by atoms with van der Waals surface area (Å²) in [5, 5.41) is 8.24. The number of benzene rings is 2. The van der Waals surface area contributed by atoms with E-state index in [1.54, 1.807) is 11.0 Å². The third kappa shape index (κ3) is 3.52. The smallest absolute Gasteiger partial charge is 0.179 e. The second-order valence-electron chi connectivity index (χ2n) is 6.14. The Bertz CT molecular complexity index is 881. The standard InChI is InChI=1S/C19H19ClN4O2/c1-13(15-2-4-16(5-3-15)24-12-21-11-23-24)22-10-14-8-17(20)19-18(9-14)25-6-7-26-19/h2-5,8-9,11-13,22H,6-7,10H2,1H3. The molecule has 2 heterocycles. The molecule has 0 saturated carbocycles. The highest BCUT2D eigenvalue weighted by Crippen LogP contribution is 2.38. The van der Waals surface area contributed by atoms with Gasteiger partial charge in [0.1, 0.15) is 25.9 Å². The first-order chi connectivity index (χ1) is 12.7. The molecule has 2 aromatic carbocycles. The van der Waals surface area contributed by atoms with E-state index in [0.717, 1.165) is 11.3 Å². The lowest BCUT2D eigenvalue weighted by Crippen LogP contribution is -2.19. The van der Waals surface area contributed by atoms with Crippen LogP contribution in [0.5, 0.6) is 11.5 Å². The summed E-state index contributed by atoms with van der Waals surface area (Å²) in [6.45, 7) is 3.90. The predicted octanol–water partition coefficient (Wildman–Crippen LogP) is 3.54. The van der Waals surface area contributed by atoms with E-state index in [0.29, 0.717) is 36.3 Å². The molecule has 1 unspecified atom stereocenters. The van der Waals surface area contributed by atoms with Crippen LogP contribution in [0.2, 0.25) is 5.02 Å². The Labute approximate surface area is 156 Å². The zero-order valence-electron chi connectivity index (χ0n) is 14.4. The Morgan fingerprint density at radius 1 is 1.19 bits per heavy atom. The first-order valence-electron chi connectivity index (χ1n) is 8.47. The summed E-state index contributed by atoms with van der Waals surface area (Å²) < 4.78 is 12.9. The van der Waals surface area contributed by atoms with E-state index in [1.165, 1.54) is 11.9 Å². The lowest BCUT2D eigenvalue weighted by atomic mass is 10.1. The second kappa shape index (κ2) is 7.35. The first kappa shape index (κ1) is 16.9. The van der Waals surface area contributed by atoms with E-state index in [2.05, 4.69) is 34.5 Å². The van der Waals surface area contributed by atoms with Gasteiger partial charge in [0.2, 0.25) is 0 Å². The lowest BCUT2D eigenvalue weighted by Gasteiger charge is -2.21. The van der Waals surface area contributed by atoms with Gasteiger partial charge >= 0.3 is 0 Å². The molecule has 1 aromatic heterocycles. The average Bonchev–Trinajstić information content (AvgIpc) is 3.21. The van der Waals surface area contributed by atoms with Crippen LogP contribution in [0.4, 0.5) is 0 Å². The quantitative estimate of drug-likeness (QED) is 0.744. The average molecular weight is 371 g/mol. The molecule has 0 radical (unpaired) electrons. The monoisotopic (exact) mass is 370 g/mol. The number of aromatic nitrogens is 3. The van der Waals surface area contributed by atoms with Gasteiger partial charge < -0.3 is 14.8 Å². The zero-order chi connectivity index (χ0) is 17.9. The number of hydrogen-bond acceptors (Lipinski definition) is 5. The Morgan fingerprint density at radius 3 is 2.77 bits per heavy atom. The fourth-order valence-electron chi connectivity index (χ4n) is 2.91. The Balaban J connectivity index is 1.42. The minimum atomic E-state index is 0.187. The molecule has 0 spiro atoms. The molecule has 7 heteroatoms. The van der Waals surface area contributed by atoms with E-state index in [9.17, 15) is 0 Å². The number of halogens is 1. The maximum Gasteiger partial charge on any atom is 0.179 e. The molecule has 1 atom stereocenters. The van der Waals surface area contributed by atoms with Gasteiger partial charge in [0, 0.05) is 12.6 Å². The van der Waals surface area contributed by atoms with Crippen molar-refractivity contribution in [3.8, 4) is 17.2 Å². The van der Waals surface area contributed by atoms with E-state index in [4.69, 9.17) is 21.1 Å². The number of fused-ring (bicyclic) bond motifs is 1. The third-order valence-electron chi connectivity index (χ3n) is 4.35. The summed E-state index contributed by atoms with van der Waals surface area (Å²) in [5.74, 6) is 1.35. The molecule has 4 rings (SSSR count). The van der Waals surface area contributed by atoms with Crippen molar-refractivity contribution in [2.75, 3.05) is 13.2 Å². The van der Waals surface area contributed by atoms with Gasteiger partial charge in [0.25, 0.3) is 0 Å². The van der Waals surface area contributed by atoms with Gasteiger partial charge in [-0.15, -0.1) is 0 Å². The maximum absolute atomic E-state index is 6.30. The van der Waals surface area contributed by atoms with Gasteiger partial charge in [0.05, 0.1) is 10.7 Å². The van der Waals surface area contributed by atoms with Crippen LogP contribution < -0.4 is 14.8 Å². The fraction of sp³-hybridized carbons (Fsp3) is 0.263. The second-order valence-corrected chi connectivity index (χ2v) is 6.54. The minimum absolute atomic E-state index is 0.187. The molecule has 3 aromatic rings. The molecule has 0 amide bonds. The van der Waals surface area contributed by atoms with Crippen LogP contribution in [0, 0.1) is 0 Å². The van der Waals surface area contributed by atoms with E-state index < -0.39 is 0 Å². The van der Waals surface area contributed by atoms with Gasteiger partial charge in [-0.2, -0.15) is 5.10 Å². The van der Waals surface area contributed by atoms with Crippen LogP contribution in [-0.4, -0.2) is 28.0 Å². The SMILES string of the molecule is CC(NCc1cc(Cl)c2c(c1)OCCO2)c1ccc(-n2cncn2)cc1. The van der Waals surface area contributed by atoms with Crippen molar-refractivity contribution in [2.24, 2.45) is 0 Å². The molecule has 26 heavy (non-hydrogen) atoms. The highest BCUT2D eigenvalue weighted by molar-refractivity contribution is 6.32. The molecular weight excluding hydrogens is 352 g/mol. The van der Waals surface area contributed by atoms with Gasteiger partial charge in [-0.05, 0) is 42.3 Å². The number of nitrogens with one attached hydrogen (secondary N) is 1. The summed E-state index contributed by atoms with van der Waals surface area (Å²) >= 11 is 6.30. The van der Waals surface area contributed by atoms with Crippen LogP contribution in [0.25, 0.3) is 5.69 Å². The number of rotatable bonds is 5. The molecule has 0 bridgehead atoms. The van der Waals surface area contributed by atoms with Crippen molar-refractivity contribution in [1.82, 2.24) is 20.1 Å². The minimum Gasteiger partial charge on any atom is -0.486 e. The number of hydrogen-bond donors (Lipinski definition) is 1. The van der Waals surface area contributed by atoms with E-state index in [-0.39, 0.29) is 6.04 Å². The summed E-state index contributed by atoms with van der Waals surface area (Å²) in [6.07, 6.45) is 3.21. The van der Waals surface area contributed by atoms with Gasteiger partial charge in [-0.25, -0.2) is 9.67 Å². The van der Waals surface area contributed by atoms with Crippen LogP contribution in [0.1, 0.15) is 24.1 Å². The Hall–Kier alpha value is -2.57. The van der Waals surface area contributed by atoms with Crippen LogP contribution in [0.15, 0.2) is 49.1 Å². The zero-order valence-corrected chi connectivity index (χ0v) is 15.1. The normalized spacial score (nSPS) is 14.2. The molecule has 1 N–H and O–H groups in total. The van der Waals surface area contributed by atoms with Crippen molar-refractivity contribution in [3.63, 3.8) is 0 Å². The van der Waals surface area contributed by atoms with E-state index >= 15 is 0 Å². The molecular formula is C19H19ClN4O2. The first-order valence-corrected chi connectivity index (χ1v) is 8.85. The van der Waals surface area contributed by atoms with Crippen LogP contribution in [0.3, 0.4) is 0 Å². The topological polar surface area (TPSA) is 61.2 Å². The van der Waals surface area contributed by atoms with Crippen molar-refractivity contribution < 1.29 is 9.47 Å². The molecule has 1 aliphatic rings. The molecule has 1 aliphatic heterocycles. The molecule has 0 saturated heterocycles. The Kier molecular flexibility index (Phi) is 4.77. The largest absolute Gasteiger partial charge is 0.486 e. The summed E-state index contributed by atoms with van der Waals surface area (Å²) in [5.41, 5.74) is 3.24. The summed E-state index contributed by atoms with van der Waals surface area (Å²) in [7, 11) is 0. The fourth-order valence-corrected chi connectivity index (χ4v) is 3.20. The van der Waals surface area contributed by atoms with E-state index in [1.807, 2.05) is 24.3 Å². The number of nitrogens with zero attached hydrogens (tertiary/aromatic N) is 3. The van der Waals surface area contributed by atoms with Gasteiger partial charge in [-0.1, -0.05) is 23.7 Å². The van der Waals surface area contributed by atoms with Crippen molar-refractivity contribution in [2.45, 2.75) is 19.5 Å². The van der Waals surface area contributed by atoms with Crippen molar-refractivity contribution in [1.29, 1.82) is 0 Å². The molecule has 0 fully saturated rings. The van der Waals surface area contributed by atoms with Crippen molar-refractivity contribution in [3.05, 3.63) is 65.2 Å². The summed E-state index contributed by atoms with van der Waals surface area (Å²) in [4.78, 5) is 3.97. The predicted molar refractivity (Wildman–Crippen MR) is 99.1 cm³/mol. The van der Waals surface area contributed by atoms with Crippen LogP contribution >= 0.6 is 11.6 Å². The maximum atomic E-state index is 6.30. The van der Waals surface area contributed by atoms with Crippen LogP contribution in [-0.2, 0) is 6.54 Å².